The first-order valence-electron chi connectivity index (χ1n) is 9.87. The molecule has 0 saturated heterocycles. The van der Waals surface area contributed by atoms with Gasteiger partial charge in [0.2, 0.25) is 10.0 Å². The zero-order valence-corrected chi connectivity index (χ0v) is 20.4. The first-order chi connectivity index (χ1) is 15.1. The summed E-state index contributed by atoms with van der Waals surface area (Å²) < 4.78 is 27.1. The molecule has 3 aromatic carbocycles. The molecule has 0 atom stereocenters. The molecule has 1 N–H and O–H groups in total. The molecular formula is C24H24BrN3O3S. The quantitative estimate of drug-likeness (QED) is 0.364. The van der Waals surface area contributed by atoms with E-state index in [-0.39, 0.29) is 12.5 Å². The number of nitrogens with one attached hydrogen (secondary N) is 1. The van der Waals surface area contributed by atoms with Crippen molar-refractivity contribution in [2.75, 3.05) is 10.6 Å². The van der Waals surface area contributed by atoms with E-state index in [9.17, 15) is 13.2 Å². The Bertz CT molecular complexity index is 1260. The lowest BCUT2D eigenvalue weighted by atomic mass is 10.1. The van der Waals surface area contributed by atoms with Gasteiger partial charge in [0.05, 0.1) is 24.7 Å². The highest BCUT2D eigenvalue weighted by molar-refractivity contribution is 9.10. The van der Waals surface area contributed by atoms with E-state index < -0.39 is 10.0 Å². The Balaban J connectivity index is 1.71. The van der Waals surface area contributed by atoms with E-state index in [0.717, 1.165) is 26.7 Å². The number of carbonyl (C=O) groups excluding carboxylic acids is 1. The van der Waals surface area contributed by atoms with Crippen LogP contribution in [-0.2, 0) is 16.6 Å². The molecule has 0 fully saturated rings. The maximum absolute atomic E-state index is 12.4. The highest BCUT2D eigenvalue weighted by atomic mass is 79.9. The molecule has 0 aliphatic rings. The van der Waals surface area contributed by atoms with E-state index >= 15 is 0 Å². The molecule has 0 heterocycles. The van der Waals surface area contributed by atoms with Crippen molar-refractivity contribution < 1.29 is 13.2 Å². The van der Waals surface area contributed by atoms with Gasteiger partial charge in [0.15, 0.2) is 0 Å². The summed E-state index contributed by atoms with van der Waals surface area (Å²) in [5.41, 5.74) is 7.26. The number of halogens is 1. The Kier molecular flexibility index (Phi) is 7.48. The van der Waals surface area contributed by atoms with Crippen molar-refractivity contribution in [3.8, 4) is 0 Å². The lowest BCUT2D eigenvalue weighted by molar-refractivity contribution is 0.0955. The van der Waals surface area contributed by atoms with E-state index in [1.54, 1.807) is 36.5 Å². The summed E-state index contributed by atoms with van der Waals surface area (Å²) in [5.74, 6) is -0.353. The Morgan fingerprint density at radius 1 is 1.03 bits per heavy atom. The predicted molar refractivity (Wildman–Crippen MR) is 133 cm³/mol. The number of carbonyl (C=O) groups is 1. The minimum Gasteiger partial charge on any atom is -0.267 e. The smallest absolute Gasteiger partial charge is 0.267 e. The number of nitrogens with zero attached hydrogens (tertiary/aromatic N) is 2. The topological polar surface area (TPSA) is 78.8 Å². The Hall–Kier alpha value is -2.97. The molecule has 1 amide bonds. The largest absolute Gasteiger partial charge is 0.271 e. The molecule has 0 saturated carbocycles. The zero-order valence-electron chi connectivity index (χ0n) is 18.0. The summed E-state index contributed by atoms with van der Waals surface area (Å²) in [7, 11) is -3.48. The Morgan fingerprint density at radius 2 is 1.72 bits per heavy atom. The van der Waals surface area contributed by atoms with Gasteiger partial charge in [-0.2, -0.15) is 5.10 Å². The minimum atomic E-state index is -3.48. The fraction of sp³-hybridized carbons (Fsp3) is 0.167. The average Bonchev–Trinajstić information content (AvgIpc) is 2.75. The number of sulfonamides is 1. The standard InChI is InChI=1S/C24H24BrN3O3S/c1-17-8-13-22(14-18(17)2)28(32(3,30)31)16-19-9-11-20(12-10-19)24(29)27-26-15-21-6-4-5-7-23(21)25/h4-15H,16H2,1-3H3,(H,27,29)/b26-15+. The van der Waals surface area contributed by atoms with Crippen molar-refractivity contribution in [2.24, 2.45) is 5.10 Å². The normalized spacial score (nSPS) is 11.5. The van der Waals surface area contributed by atoms with Gasteiger partial charge in [-0.15, -0.1) is 0 Å². The second-order valence-electron chi connectivity index (χ2n) is 7.46. The molecule has 0 radical (unpaired) electrons. The zero-order chi connectivity index (χ0) is 23.3. The van der Waals surface area contributed by atoms with Crippen LogP contribution in [0, 0.1) is 13.8 Å². The number of hydrogen-bond donors (Lipinski definition) is 1. The van der Waals surface area contributed by atoms with Crippen LogP contribution in [0.3, 0.4) is 0 Å². The van der Waals surface area contributed by atoms with E-state index in [4.69, 9.17) is 0 Å². The summed E-state index contributed by atoms with van der Waals surface area (Å²) in [6, 6.07) is 19.9. The molecule has 0 aromatic heterocycles. The predicted octanol–water partition coefficient (Wildman–Crippen LogP) is 4.80. The Labute approximate surface area is 197 Å². The van der Waals surface area contributed by atoms with Crippen molar-refractivity contribution in [1.29, 1.82) is 0 Å². The second-order valence-corrected chi connectivity index (χ2v) is 10.2. The van der Waals surface area contributed by atoms with Gasteiger partial charge in [0.25, 0.3) is 5.91 Å². The average molecular weight is 514 g/mol. The third kappa shape index (κ3) is 6.05. The number of hydrogen-bond acceptors (Lipinski definition) is 4. The molecule has 0 aliphatic carbocycles. The minimum absolute atomic E-state index is 0.170. The highest BCUT2D eigenvalue weighted by Gasteiger charge is 2.18. The van der Waals surface area contributed by atoms with E-state index in [0.29, 0.717) is 11.3 Å². The molecule has 32 heavy (non-hydrogen) atoms. The van der Waals surface area contributed by atoms with Gasteiger partial charge in [-0.05, 0) is 60.9 Å². The van der Waals surface area contributed by atoms with Gasteiger partial charge in [-0.25, -0.2) is 13.8 Å². The van der Waals surface area contributed by atoms with Crippen LogP contribution < -0.4 is 9.73 Å². The molecule has 3 aromatic rings. The molecule has 0 aliphatic heterocycles. The molecule has 0 bridgehead atoms. The van der Waals surface area contributed by atoms with Gasteiger partial charge in [-0.1, -0.05) is 52.3 Å². The van der Waals surface area contributed by atoms with Crippen molar-refractivity contribution >= 4 is 43.8 Å². The first-order valence-corrected chi connectivity index (χ1v) is 12.5. The van der Waals surface area contributed by atoms with Gasteiger partial charge in [-0.3, -0.25) is 9.10 Å². The first kappa shape index (κ1) is 23.7. The number of rotatable bonds is 7. The van der Waals surface area contributed by atoms with Crippen molar-refractivity contribution in [3.05, 3.63) is 99.0 Å². The number of aryl methyl sites for hydroxylation is 2. The van der Waals surface area contributed by atoms with E-state index in [2.05, 4.69) is 26.5 Å². The van der Waals surface area contributed by atoms with Crippen LogP contribution in [0.5, 0.6) is 0 Å². The van der Waals surface area contributed by atoms with Crippen molar-refractivity contribution in [3.63, 3.8) is 0 Å². The maximum Gasteiger partial charge on any atom is 0.271 e. The van der Waals surface area contributed by atoms with Crippen molar-refractivity contribution in [2.45, 2.75) is 20.4 Å². The van der Waals surface area contributed by atoms with Gasteiger partial charge < -0.3 is 0 Å². The molecule has 0 spiro atoms. The third-order valence-corrected chi connectivity index (χ3v) is 6.86. The second kappa shape index (κ2) is 10.1. The van der Waals surface area contributed by atoms with Crippen LogP contribution in [0.1, 0.15) is 32.6 Å². The summed E-state index contributed by atoms with van der Waals surface area (Å²) in [6.07, 6.45) is 2.75. The van der Waals surface area contributed by atoms with Crippen LogP contribution in [0.15, 0.2) is 76.3 Å². The number of anilines is 1. The summed E-state index contributed by atoms with van der Waals surface area (Å²) in [5, 5.41) is 3.99. The molecule has 8 heteroatoms. The number of hydrazone groups is 1. The third-order valence-electron chi connectivity index (χ3n) is 5.00. The van der Waals surface area contributed by atoms with Gasteiger partial charge in [0, 0.05) is 15.6 Å². The van der Waals surface area contributed by atoms with Gasteiger partial charge in [0.1, 0.15) is 0 Å². The fourth-order valence-electron chi connectivity index (χ4n) is 3.01. The van der Waals surface area contributed by atoms with Crippen LogP contribution in [-0.4, -0.2) is 26.8 Å². The van der Waals surface area contributed by atoms with Crippen LogP contribution in [0.25, 0.3) is 0 Å². The molecule has 166 valence electrons. The molecule has 3 rings (SSSR count). The van der Waals surface area contributed by atoms with Crippen LogP contribution in [0.4, 0.5) is 5.69 Å². The molecular weight excluding hydrogens is 490 g/mol. The summed E-state index contributed by atoms with van der Waals surface area (Å²) in [4.78, 5) is 12.4. The van der Waals surface area contributed by atoms with Gasteiger partial charge >= 0.3 is 0 Å². The van der Waals surface area contributed by atoms with Crippen molar-refractivity contribution in [1.82, 2.24) is 5.43 Å². The highest BCUT2D eigenvalue weighted by Crippen LogP contribution is 2.23. The lowest BCUT2D eigenvalue weighted by Crippen LogP contribution is -2.29. The molecule has 6 nitrogen and oxygen atoms in total. The SMILES string of the molecule is Cc1ccc(N(Cc2ccc(C(=O)N/N=C/c3ccccc3Br)cc2)S(C)(=O)=O)cc1C. The summed E-state index contributed by atoms with van der Waals surface area (Å²) >= 11 is 3.42. The monoisotopic (exact) mass is 513 g/mol. The summed E-state index contributed by atoms with van der Waals surface area (Å²) in [6.45, 7) is 4.10. The lowest BCUT2D eigenvalue weighted by Gasteiger charge is -2.23. The Morgan fingerprint density at radius 3 is 2.34 bits per heavy atom. The van der Waals surface area contributed by atoms with E-state index in [1.807, 2.05) is 50.2 Å². The maximum atomic E-state index is 12.4. The number of benzene rings is 3. The van der Waals surface area contributed by atoms with Crippen LogP contribution >= 0.6 is 15.9 Å². The van der Waals surface area contributed by atoms with E-state index in [1.165, 1.54) is 10.6 Å². The molecule has 0 unspecified atom stereocenters. The number of amides is 1. The van der Waals surface area contributed by atoms with Crippen LogP contribution in [0.2, 0.25) is 0 Å². The fourth-order valence-corrected chi connectivity index (χ4v) is 4.28.